The highest BCUT2D eigenvalue weighted by molar-refractivity contribution is 5.75. The van der Waals surface area contributed by atoms with Crippen LogP contribution in [0.5, 0.6) is 0 Å². The second kappa shape index (κ2) is 8.08. The van der Waals surface area contributed by atoms with Gasteiger partial charge >= 0.3 is 12.0 Å². The Morgan fingerprint density at radius 1 is 1.15 bits per heavy atom. The van der Waals surface area contributed by atoms with Crippen LogP contribution in [0.15, 0.2) is 30.3 Å². The molecule has 1 heterocycles. The number of rotatable bonds is 6. The minimum Gasteiger partial charge on any atom is -0.481 e. The van der Waals surface area contributed by atoms with E-state index >= 15 is 0 Å². The van der Waals surface area contributed by atoms with Gasteiger partial charge in [0.15, 0.2) is 0 Å². The molecule has 1 unspecified atom stereocenters. The van der Waals surface area contributed by atoms with Crippen molar-refractivity contribution in [2.75, 3.05) is 13.1 Å². The maximum atomic E-state index is 12.8. The van der Waals surface area contributed by atoms with Crippen molar-refractivity contribution in [3.63, 3.8) is 0 Å². The number of morpholine rings is 1. The van der Waals surface area contributed by atoms with Crippen LogP contribution < -0.4 is 5.32 Å². The van der Waals surface area contributed by atoms with Gasteiger partial charge in [-0.1, -0.05) is 30.3 Å². The quantitative estimate of drug-likeness (QED) is 0.815. The number of ether oxygens (including phenoxy) is 1. The first-order valence-electron chi connectivity index (χ1n) is 9.08. The Balaban J connectivity index is 2.05. The standard InChI is InChI=1S/C20H30N2O4/c1-19(2)13-22(14-20(3,4)26-19)18(25)21-16(10-11-17(23)24)12-15-8-6-5-7-9-15/h5-9,16H,10-14H2,1-4H3,(H,21,25)(H,23,24). The monoisotopic (exact) mass is 362 g/mol. The molecule has 0 aliphatic carbocycles. The van der Waals surface area contributed by atoms with Crippen molar-refractivity contribution in [1.29, 1.82) is 0 Å². The lowest BCUT2D eigenvalue weighted by molar-refractivity contribution is -0.170. The molecule has 1 aromatic carbocycles. The van der Waals surface area contributed by atoms with Crippen LogP contribution >= 0.6 is 0 Å². The number of nitrogens with zero attached hydrogens (tertiary/aromatic N) is 1. The zero-order chi connectivity index (χ0) is 19.4. The fourth-order valence-corrected chi connectivity index (χ4v) is 3.62. The van der Waals surface area contributed by atoms with Gasteiger partial charge in [-0.05, 0) is 46.1 Å². The van der Waals surface area contributed by atoms with E-state index in [4.69, 9.17) is 9.84 Å². The van der Waals surface area contributed by atoms with Crippen molar-refractivity contribution in [2.45, 2.75) is 64.2 Å². The molecule has 2 N–H and O–H groups in total. The first kappa shape index (κ1) is 20.2. The molecule has 0 bridgehead atoms. The Morgan fingerprint density at radius 3 is 2.27 bits per heavy atom. The molecular weight excluding hydrogens is 332 g/mol. The molecule has 0 spiro atoms. The van der Waals surface area contributed by atoms with E-state index in [-0.39, 0.29) is 18.5 Å². The fraction of sp³-hybridized carbons (Fsp3) is 0.600. The molecule has 1 aliphatic rings. The SMILES string of the molecule is CC1(C)CN(C(=O)NC(CCC(=O)O)Cc2ccccc2)CC(C)(C)O1. The maximum Gasteiger partial charge on any atom is 0.317 e. The summed E-state index contributed by atoms with van der Waals surface area (Å²) < 4.78 is 6.02. The summed E-state index contributed by atoms with van der Waals surface area (Å²) in [4.78, 5) is 25.6. The van der Waals surface area contributed by atoms with Gasteiger partial charge in [0, 0.05) is 12.5 Å². The van der Waals surface area contributed by atoms with E-state index in [9.17, 15) is 9.59 Å². The van der Waals surface area contributed by atoms with E-state index in [1.807, 2.05) is 58.0 Å². The van der Waals surface area contributed by atoms with Crippen LogP contribution in [0, 0.1) is 0 Å². The normalized spacial score (nSPS) is 19.6. The molecule has 0 aromatic heterocycles. The average Bonchev–Trinajstić information content (AvgIpc) is 2.50. The highest BCUT2D eigenvalue weighted by Crippen LogP contribution is 2.28. The third-order valence-corrected chi connectivity index (χ3v) is 4.34. The molecular formula is C20H30N2O4. The molecule has 0 saturated carbocycles. The van der Waals surface area contributed by atoms with E-state index in [0.717, 1.165) is 5.56 Å². The molecule has 0 radical (unpaired) electrons. The number of carbonyl (C=O) groups excluding carboxylic acids is 1. The summed E-state index contributed by atoms with van der Waals surface area (Å²) in [6, 6.07) is 9.40. The Labute approximate surface area is 155 Å². The maximum absolute atomic E-state index is 12.8. The molecule has 1 aromatic rings. The van der Waals surface area contributed by atoms with Gasteiger partial charge in [0.25, 0.3) is 0 Å². The number of aliphatic carboxylic acids is 1. The summed E-state index contributed by atoms with van der Waals surface area (Å²) in [5, 5.41) is 12.0. The van der Waals surface area contributed by atoms with Crippen molar-refractivity contribution >= 4 is 12.0 Å². The summed E-state index contributed by atoms with van der Waals surface area (Å²) in [6.07, 6.45) is 1.03. The Kier molecular flexibility index (Phi) is 6.29. The van der Waals surface area contributed by atoms with Gasteiger partial charge in [-0.2, -0.15) is 0 Å². The van der Waals surface area contributed by atoms with Gasteiger partial charge < -0.3 is 20.1 Å². The number of amides is 2. The third kappa shape index (κ3) is 6.33. The van der Waals surface area contributed by atoms with E-state index < -0.39 is 17.2 Å². The minimum absolute atomic E-state index is 0.0257. The summed E-state index contributed by atoms with van der Waals surface area (Å²) in [6.45, 7) is 8.89. The van der Waals surface area contributed by atoms with Gasteiger partial charge in [0.05, 0.1) is 24.3 Å². The highest BCUT2D eigenvalue weighted by Gasteiger charge is 2.40. The fourth-order valence-electron chi connectivity index (χ4n) is 3.62. The average molecular weight is 362 g/mol. The summed E-state index contributed by atoms with van der Waals surface area (Å²) in [5.41, 5.74) is 0.232. The predicted molar refractivity (Wildman–Crippen MR) is 100 cm³/mol. The summed E-state index contributed by atoms with van der Waals surface area (Å²) in [5.74, 6) is -0.856. The van der Waals surface area contributed by atoms with E-state index in [2.05, 4.69) is 5.32 Å². The van der Waals surface area contributed by atoms with Crippen molar-refractivity contribution < 1.29 is 19.4 Å². The molecule has 6 heteroatoms. The van der Waals surface area contributed by atoms with E-state index in [0.29, 0.717) is 25.9 Å². The van der Waals surface area contributed by atoms with Crippen LogP contribution in [0.3, 0.4) is 0 Å². The second-order valence-corrected chi connectivity index (χ2v) is 8.25. The molecule has 6 nitrogen and oxygen atoms in total. The van der Waals surface area contributed by atoms with Crippen LogP contribution in [0.4, 0.5) is 4.79 Å². The lowest BCUT2D eigenvalue weighted by atomic mass is 9.99. The molecule has 1 atom stereocenters. The number of urea groups is 1. The molecule has 2 rings (SSSR count). The molecule has 26 heavy (non-hydrogen) atoms. The van der Waals surface area contributed by atoms with E-state index in [1.54, 1.807) is 4.90 Å². The van der Waals surface area contributed by atoms with Crippen LogP contribution in [0.2, 0.25) is 0 Å². The third-order valence-electron chi connectivity index (χ3n) is 4.34. The second-order valence-electron chi connectivity index (χ2n) is 8.25. The number of hydrogen-bond donors (Lipinski definition) is 2. The smallest absolute Gasteiger partial charge is 0.317 e. The topological polar surface area (TPSA) is 78.9 Å². The van der Waals surface area contributed by atoms with Crippen LogP contribution in [0.25, 0.3) is 0 Å². The molecule has 2 amide bonds. The molecule has 144 valence electrons. The summed E-state index contributed by atoms with van der Waals surface area (Å²) in [7, 11) is 0. The lowest BCUT2D eigenvalue weighted by Crippen LogP contribution is -2.61. The van der Waals surface area contributed by atoms with Crippen LogP contribution in [0.1, 0.15) is 46.1 Å². The zero-order valence-corrected chi connectivity index (χ0v) is 16.1. The lowest BCUT2D eigenvalue weighted by Gasteiger charge is -2.47. The Morgan fingerprint density at radius 2 is 1.73 bits per heavy atom. The number of carboxylic acid groups (broad SMARTS) is 1. The van der Waals surface area contributed by atoms with Crippen molar-refractivity contribution in [3.05, 3.63) is 35.9 Å². The molecule has 1 saturated heterocycles. The minimum atomic E-state index is -0.856. The van der Waals surface area contributed by atoms with E-state index in [1.165, 1.54) is 0 Å². The first-order chi connectivity index (χ1) is 12.1. The van der Waals surface area contributed by atoms with Gasteiger partial charge in [-0.15, -0.1) is 0 Å². The molecule has 1 fully saturated rings. The number of nitrogens with one attached hydrogen (secondary N) is 1. The Bertz CT molecular complexity index is 612. The van der Waals surface area contributed by atoms with Gasteiger partial charge in [-0.25, -0.2) is 4.79 Å². The highest BCUT2D eigenvalue weighted by atomic mass is 16.5. The first-order valence-corrected chi connectivity index (χ1v) is 9.08. The van der Waals surface area contributed by atoms with Crippen molar-refractivity contribution in [1.82, 2.24) is 10.2 Å². The van der Waals surface area contributed by atoms with Gasteiger partial charge in [-0.3, -0.25) is 4.79 Å². The zero-order valence-electron chi connectivity index (χ0n) is 16.1. The number of carboxylic acids is 1. The Hall–Kier alpha value is -2.08. The predicted octanol–water partition coefficient (Wildman–Crippen LogP) is 3.06. The van der Waals surface area contributed by atoms with Crippen LogP contribution in [-0.2, 0) is 16.0 Å². The van der Waals surface area contributed by atoms with Gasteiger partial charge in [0.1, 0.15) is 0 Å². The van der Waals surface area contributed by atoms with Gasteiger partial charge in [0.2, 0.25) is 0 Å². The van der Waals surface area contributed by atoms with Crippen LogP contribution in [-0.4, -0.2) is 52.3 Å². The number of carbonyl (C=O) groups is 2. The number of benzene rings is 1. The molecule has 1 aliphatic heterocycles. The summed E-state index contributed by atoms with van der Waals surface area (Å²) >= 11 is 0. The van der Waals surface area contributed by atoms with Crippen molar-refractivity contribution in [3.8, 4) is 0 Å². The van der Waals surface area contributed by atoms with Crippen molar-refractivity contribution in [2.24, 2.45) is 0 Å². The largest absolute Gasteiger partial charge is 0.481 e. The number of hydrogen-bond acceptors (Lipinski definition) is 3.